The Morgan fingerprint density at radius 1 is 1.33 bits per heavy atom. The second-order valence-corrected chi connectivity index (χ2v) is 2.93. The Balaban J connectivity index is 2.73. The monoisotopic (exact) mass is 205 g/mol. The molecule has 0 saturated heterocycles. The van der Waals surface area contributed by atoms with E-state index in [1.165, 1.54) is 11.5 Å². The Bertz CT molecular complexity index is 573. The van der Waals surface area contributed by atoms with Gasteiger partial charge in [0, 0.05) is 5.39 Å². The number of rotatable bonds is 1. The van der Waals surface area contributed by atoms with E-state index in [-0.39, 0.29) is 5.56 Å². The van der Waals surface area contributed by atoms with Gasteiger partial charge in [-0.3, -0.25) is 10.0 Å². The number of benzene rings is 1. The third kappa shape index (κ3) is 1.60. The molecule has 5 nitrogen and oxygen atoms in total. The predicted octanol–water partition coefficient (Wildman–Crippen LogP) is 0.912. The van der Waals surface area contributed by atoms with Gasteiger partial charge >= 0.3 is 5.63 Å². The lowest BCUT2D eigenvalue weighted by Crippen LogP contribution is -2.25. The van der Waals surface area contributed by atoms with E-state index in [2.05, 4.69) is 0 Å². The molecule has 0 fully saturated rings. The zero-order chi connectivity index (χ0) is 10.8. The molecule has 1 amide bonds. The summed E-state index contributed by atoms with van der Waals surface area (Å²) in [5.41, 5.74) is 0.785. The van der Waals surface area contributed by atoms with Crippen LogP contribution >= 0.6 is 0 Å². The third-order valence-corrected chi connectivity index (χ3v) is 1.99. The van der Waals surface area contributed by atoms with Gasteiger partial charge in [-0.05, 0) is 12.1 Å². The number of hydrogen-bond acceptors (Lipinski definition) is 4. The van der Waals surface area contributed by atoms with Gasteiger partial charge in [-0.25, -0.2) is 10.3 Å². The highest BCUT2D eigenvalue weighted by atomic mass is 16.5. The molecule has 2 aromatic rings. The van der Waals surface area contributed by atoms with Gasteiger partial charge < -0.3 is 4.42 Å². The molecule has 0 aliphatic rings. The van der Waals surface area contributed by atoms with Crippen LogP contribution in [-0.2, 0) is 0 Å². The summed E-state index contributed by atoms with van der Waals surface area (Å²) in [7, 11) is 0. The van der Waals surface area contributed by atoms with Crippen LogP contribution in [0.15, 0.2) is 39.5 Å². The SMILES string of the molecule is O=C(NO)c1cc2ccccc2oc1=O. The predicted molar refractivity (Wildman–Crippen MR) is 51.7 cm³/mol. The molecular weight excluding hydrogens is 198 g/mol. The number of amides is 1. The summed E-state index contributed by atoms with van der Waals surface area (Å²) in [6.45, 7) is 0. The van der Waals surface area contributed by atoms with Gasteiger partial charge in [0.15, 0.2) is 0 Å². The zero-order valence-electron chi connectivity index (χ0n) is 7.56. The standard InChI is InChI=1S/C10H7NO4/c12-9(11-14)7-5-6-3-1-2-4-8(6)15-10(7)13/h1-5,14H,(H,11,12). The van der Waals surface area contributed by atoms with Crippen LogP contribution in [0.4, 0.5) is 0 Å². The largest absolute Gasteiger partial charge is 0.422 e. The molecule has 0 unspecified atom stereocenters. The average Bonchev–Trinajstić information content (AvgIpc) is 2.27. The van der Waals surface area contributed by atoms with Gasteiger partial charge in [0.1, 0.15) is 11.1 Å². The van der Waals surface area contributed by atoms with E-state index < -0.39 is 11.5 Å². The lowest BCUT2D eigenvalue weighted by molar-refractivity contribution is 0.0702. The maximum Gasteiger partial charge on any atom is 0.349 e. The minimum Gasteiger partial charge on any atom is -0.422 e. The second-order valence-electron chi connectivity index (χ2n) is 2.93. The van der Waals surface area contributed by atoms with Crippen LogP contribution in [0, 0.1) is 0 Å². The normalized spacial score (nSPS) is 10.2. The summed E-state index contributed by atoms with van der Waals surface area (Å²) in [4.78, 5) is 22.4. The zero-order valence-corrected chi connectivity index (χ0v) is 7.56. The fourth-order valence-electron chi connectivity index (χ4n) is 1.28. The number of carbonyl (C=O) groups excluding carboxylic acids is 1. The van der Waals surface area contributed by atoms with Crippen LogP contribution < -0.4 is 11.1 Å². The molecule has 1 aromatic carbocycles. The highest BCUT2D eigenvalue weighted by molar-refractivity contribution is 5.95. The van der Waals surface area contributed by atoms with Gasteiger partial charge in [0.25, 0.3) is 5.91 Å². The van der Waals surface area contributed by atoms with Crippen LogP contribution in [-0.4, -0.2) is 11.1 Å². The summed E-state index contributed by atoms with van der Waals surface area (Å²) in [5, 5.41) is 9.03. The third-order valence-electron chi connectivity index (χ3n) is 1.99. The van der Waals surface area contributed by atoms with Gasteiger partial charge in [-0.1, -0.05) is 18.2 Å². The molecule has 0 spiro atoms. The number of para-hydroxylation sites is 1. The van der Waals surface area contributed by atoms with E-state index in [0.29, 0.717) is 11.0 Å². The molecule has 0 radical (unpaired) electrons. The Hall–Kier alpha value is -2.14. The lowest BCUT2D eigenvalue weighted by Gasteiger charge is -1.99. The molecule has 0 atom stereocenters. The van der Waals surface area contributed by atoms with Crippen molar-refractivity contribution < 1.29 is 14.4 Å². The Kier molecular flexibility index (Phi) is 2.23. The van der Waals surface area contributed by atoms with Crippen molar-refractivity contribution >= 4 is 16.9 Å². The van der Waals surface area contributed by atoms with Crippen LogP contribution in [0.1, 0.15) is 10.4 Å². The van der Waals surface area contributed by atoms with Gasteiger partial charge in [0.05, 0.1) is 0 Å². The van der Waals surface area contributed by atoms with Crippen molar-refractivity contribution in [1.29, 1.82) is 0 Å². The summed E-state index contributed by atoms with van der Waals surface area (Å²) >= 11 is 0. The Morgan fingerprint density at radius 2 is 2.07 bits per heavy atom. The summed E-state index contributed by atoms with van der Waals surface area (Å²) in [6, 6.07) is 8.16. The highest BCUT2D eigenvalue weighted by Gasteiger charge is 2.11. The summed E-state index contributed by atoms with van der Waals surface area (Å²) < 4.78 is 4.89. The second kappa shape index (κ2) is 3.55. The molecule has 5 heteroatoms. The highest BCUT2D eigenvalue weighted by Crippen LogP contribution is 2.12. The van der Waals surface area contributed by atoms with E-state index >= 15 is 0 Å². The first-order valence-corrected chi connectivity index (χ1v) is 4.19. The van der Waals surface area contributed by atoms with Crippen molar-refractivity contribution in [3.63, 3.8) is 0 Å². The molecule has 0 aliphatic heterocycles. The topological polar surface area (TPSA) is 79.5 Å². The molecule has 1 aromatic heterocycles. The van der Waals surface area contributed by atoms with E-state index in [0.717, 1.165) is 0 Å². The minimum absolute atomic E-state index is 0.226. The quantitative estimate of drug-likeness (QED) is 0.412. The maximum atomic E-state index is 11.3. The van der Waals surface area contributed by atoms with E-state index in [4.69, 9.17) is 9.62 Å². The van der Waals surface area contributed by atoms with Crippen LogP contribution in [0.2, 0.25) is 0 Å². The van der Waals surface area contributed by atoms with E-state index in [9.17, 15) is 9.59 Å². The first-order valence-electron chi connectivity index (χ1n) is 4.19. The summed E-state index contributed by atoms with van der Waals surface area (Å²) in [6.07, 6.45) is 0. The molecule has 0 bridgehead atoms. The Labute approximate surface area is 83.9 Å². The fraction of sp³-hybridized carbons (Fsp3) is 0. The van der Waals surface area contributed by atoms with Crippen molar-refractivity contribution in [2.45, 2.75) is 0 Å². The molecule has 1 heterocycles. The van der Waals surface area contributed by atoms with Crippen molar-refractivity contribution in [3.05, 3.63) is 46.3 Å². The van der Waals surface area contributed by atoms with Gasteiger partial charge in [-0.15, -0.1) is 0 Å². The first-order chi connectivity index (χ1) is 7.22. The number of nitrogens with one attached hydrogen (secondary N) is 1. The van der Waals surface area contributed by atoms with Crippen molar-refractivity contribution in [2.24, 2.45) is 0 Å². The van der Waals surface area contributed by atoms with Crippen molar-refractivity contribution in [1.82, 2.24) is 5.48 Å². The molecule has 0 aliphatic carbocycles. The van der Waals surface area contributed by atoms with Gasteiger partial charge in [0.2, 0.25) is 0 Å². The smallest absolute Gasteiger partial charge is 0.349 e. The molecule has 15 heavy (non-hydrogen) atoms. The Morgan fingerprint density at radius 3 is 2.80 bits per heavy atom. The maximum absolute atomic E-state index is 11.3. The van der Waals surface area contributed by atoms with Gasteiger partial charge in [-0.2, -0.15) is 0 Å². The van der Waals surface area contributed by atoms with Crippen molar-refractivity contribution in [2.75, 3.05) is 0 Å². The van der Waals surface area contributed by atoms with Crippen LogP contribution in [0.25, 0.3) is 11.0 Å². The number of hydrogen-bond donors (Lipinski definition) is 2. The first kappa shape index (κ1) is 9.42. The average molecular weight is 205 g/mol. The summed E-state index contributed by atoms with van der Waals surface area (Å²) in [5.74, 6) is -0.880. The number of hydroxylamine groups is 1. The number of fused-ring (bicyclic) bond motifs is 1. The van der Waals surface area contributed by atoms with Crippen molar-refractivity contribution in [3.8, 4) is 0 Å². The molecule has 2 N–H and O–H groups in total. The number of carbonyl (C=O) groups is 1. The lowest BCUT2D eigenvalue weighted by atomic mass is 10.2. The molecule has 0 saturated carbocycles. The molecule has 76 valence electrons. The van der Waals surface area contributed by atoms with Crippen LogP contribution in [0.3, 0.4) is 0 Å². The molecular formula is C10H7NO4. The fourth-order valence-corrected chi connectivity index (χ4v) is 1.28. The van der Waals surface area contributed by atoms with E-state index in [1.54, 1.807) is 24.3 Å². The molecule has 2 rings (SSSR count). The van der Waals surface area contributed by atoms with Crippen LogP contribution in [0.5, 0.6) is 0 Å². The van der Waals surface area contributed by atoms with E-state index in [1.807, 2.05) is 0 Å². The minimum atomic E-state index is -0.880.